The highest BCUT2D eigenvalue weighted by molar-refractivity contribution is 8.00. The summed E-state index contributed by atoms with van der Waals surface area (Å²) in [7, 11) is 0. The molecule has 1 N–H and O–H groups in total. The minimum absolute atomic E-state index is 0.0103. The lowest BCUT2D eigenvalue weighted by Gasteiger charge is -2.11. The molecular formula is C18H22N6OS. The molecule has 7 nitrogen and oxygen atoms in total. The van der Waals surface area contributed by atoms with Crippen LogP contribution in [0.4, 0.5) is 0 Å². The average Bonchev–Trinajstić information content (AvgIpc) is 3.01. The molecule has 0 bridgehead atoms. The molecule has 0 spiro atoms. The van der Waals surface area contributed by atoms with E-state index in [1.807, 2.05) is 55.6 Å². The van der Waals surface area contributed by atoms with Gasteiger partial charge in [-0.2, -0.15) is 0 Å². The van der Waals surface area contributed by atoms with Crippen molar-refractivity contribution in [3.8, 4) is 0 Å². The van der Waals surface area contributed by atoms with E-state index in [0.717, 1.165) is 35.7 Å². The molecule has 0 unspecified atom stereocenters. The molecular weight excluding hydrogens is 348 g/mol. The van der Waals surface area contributed by atoms with Crippen molar-refractivity contribution in [2.75, 3.05) is 6.54 Å². The monoisotopic (exact) mass is 370 g/mol. The highest BCUT2D eigenvalue weighted by Gasteiger charge is 2.16. The number of pyridine rings is 1. The SMILES string of the molecule is Cc1cc(C)nc(S[C@@H](C)C(=O)NCCCc2nnc3ccccn23)n1. The van der Waals surface area contributed by atoms with Crippen molar-refractivity contribution in [1.82, 2.24) is 29.9 Å². The first-order valence-electron chi connectivity index (χ1n) is 8.58. The number of aromatic nitrogens is 5. The van der Waals surface area contributed by atoms with Gasteiger partial charge in [0, 0.05) is 30.6 Å². The maximum atomic E-state index is 12.3. The van der Waals surface area contributed by atoms with Gasteiger partial charge in [-0.05, 0) is 45.4 Å². The standard InChI is InChI=1S/C18H22N6OS/c1-12-11-13(2)21-18(20-12)26-14(3)17(25)19-9-6-8-16-23-22-15-7-4-5-10-24(15)16/h4-5,7,10-11,14H,6,8-9H2,1-3H3,(H,19,25)/t14-/m0/s1. The van der Waals surface area contributed by atoms with E-state index < -0.39 is 0 Å². The van der Waals surface area contributed by atoms with E-state index in [4.69, 9.17) is 0 Å². The zero-order valence-corrected chi connectivity index (χ0v) is 16.0. The van der Waals surface area contributed by atoms with Crippen molar-refractivity contribution in [1.29, 1.82) is 0 Å². The number of nitrogens with zero attached hydrogens (tertiary/aromatic N) is 5. The van der Waals surface area contributed by atoms with Crippen LogP contribution in [-0.2, 0) is 11.2 Å². The third kappa shape index (κ3) is 4.57. The Morgan fingerprint density at radius 2 is 2.00 bits per heavy atom. The summed E-state index contributed by atoms with van der Waals surface area (Å²) in [6.45, 7) is 6.32. The fourth-order valence-electron chi connectivity index (χ4n) is 2.62. The summed E-state index contributed by atoms with van der Waals surface area (Å²) < 4.78 is 1.97. The number of hydrogen-bond donors (Lipinski definition) is 1. The van der Waals surface area contributed by atoms with Crippen LogP contribution in [0.1, 0.15) is 30.6 Å². The minimum Gasteiger partial charge on any atom is -0.355 e. The van der Waals surface area contributed by atoms with Crippen molar-refractivity contribution in [2.24, 2.45) is 0 Å². The van der Waals surface area contributed by atoms with Gasteiger partial charge in [0.25, 0.3) is 0 Å². The maximum absolute atomic E-state index is 12.3. The van der Waals surface area contributed by atoms with Crippen LogP contribution in [0.5, 0.6) is 0 Å². The van der Waals surface area contributed by atoms with Gasteiger partial charge in [0.1, 0.15) is 5.82 Å². The molecule has 0 aromatic carbocycles. The lowest BCUT2D eigenvalue weighted by molar-refractivity contribution is -0.120. The largest absolute Gasteiger partial charge is 0.355 e. The molecule has 26 heavy (non-hydrogen) atoms. The second kappa shape index (κ2) is 8.27. The van der Waals surface area contributed by atoms with Crippen LogP contribution in [0, 0.1) is 13.8 Å². The molecule has 0 aliphatic heterocycles. The maximum Gasteiger partial charge on any atom is 0.233 e. The van der Waals surface area contributed by atoms with Gasteiger partial charge in [-0.15, -0.1) is 10.2 Å². The highest BCUT2D eigenvalue weighted by atomic mass is 32.2. The van der Waals surface area contributed by atoms with Gasteiger partial charge in [-0.25, -0.2) is 9.97 Å². The molecule has 3 aromatic heterocycles. The third-order valence-electron chi connectivity index (χ3n) is 3.87. The predicted octanol–water partition coefficient (Wildman–Crippen LogP) is 2.37. The second-order valence-corrected chi connectivity index (χ2v) is 7.44. The van der Waals surface area contributed by atoms with Gasteiger partial charge in [-0.1, -0.05) is 17.8 Å². The Labute approximate surface area is 156 Å². The summed E-state index contributed by atoms with van der Waals surface area (Å²) in [5, 5.41) is 11.7. The fourth-order valence-corrected chi connectivity index (χ4v) is 3.52. The molecule has 1 amide bonds. The van der Waals surface area contributed by atoms with E-state index in [0.29, 0.717) is 11.7 Å². The van der Waals surface area contributed by atoms with Crippen molar-refractivity contribution in [3.63, 3.8) is 0 Å². The van der Waals surface area contributed by atoms with Gasteiger partial charge < -0.3 is 5.32 Å². The Hall–Kier alpha value is -2.48. The number of thioether (sulfide) groups is 1. The number of rotatable bonds is 7. The van der Waals surface area contributed by atoms with Crippen molar-refractivity contribution >= 4 is 23.3 Å². The highest BCUT2D eigenvalue weighted by Crippen LogP contribution is 2.20. The number of nitrogens with one attached hydrogen (secondary N) is 1. The van der Waals surface area contributed by atoms with Crippen LogP contribution in [-0.4, -0.2) is 42.3 Å². The molecule has 0 aliphatic rings. The molecule has 0 radical (unpaired) electrons. The van der Waals surface area contributed by atoms with Gasteiger partial charge in [-0.3, -0.25) is 9.20 Å². The number of carbonyl (C=O) groups is 1. The van der Waals surface area contributed by atoms with Crippen LogP contribution in [0.2, 0.25) is 0 Å². The summed E-state index contributed by atoms with van der Waals surface area (Å²) in [6.07, 6.45) is 3.51. The van der Waals surface area contributed by atoms with Crippen LogP contribution >= 0.6 is 11.8 Å². The molecule has 0 fully saturated rings. The summed E-state index contributed by atoms with van der Waals surface area (Å²) in [6, 6.07) is 7.73. The van der Waals surface area contributed by atoms with Crippen LogP contribution in [0.25, 0.3) is 5.65 Å². The normalized spacial score (nSPS) is 12.3. The van der Waals surface area contributed by atoms with Gasteiger partial charge in [0.05, 0.1) is 5.25 Å². The first-order valence-corrected chi connectivity index (χ1v) is 9.46. The van der Waals surface area contributed by atoms with E-state index in [1.165, 1.54) is 11.8 Å². The summed E-state index contributed by atoms with van der Waals surface area (Å²) in [4.78, 5) is 21.0. The molecule has 0 saturated heterocycles. The predicted molar refractivity (Wildman–Crippen MR) is 101 cm³/mol. The zero-order valence-electron chi connectivity index (χ0n) is 15.1. The van der Waals surface area contributed by atoms with Crippen molar-refractivity contribution < 1.29 is 4.79 Å². The summed E-state index contributed by atoms with van der Waals surface area (Å²) in [5.74, 6) is 0.893. The van der Waals surface area contributed by atoms with Crippen molar-refractivity contribution in [2.45, 2.75) is 44.0 Å². The molecule has 8 heteroatoms. The number of fused-ring (bicyclic) bond motifs is 1. The van der Waals surface area contributed by atoms with E-state index >= 15 is 0 Å². The second-order valence-electron chi connectivity index (χ2n) is 6.13. The van der Waals surface area contributed by atoms with E-state index in [-0.39, 0.29) is 11.2 Å². The molecule has 0 aliphatic carbocycles. The van der Waals surface area contributed by atoms with Crippen LogP contribution in [0.15, 0.2) is 35.6 Å². The number of amides is 1. The molecule has 136 valence electrons. The fraction of sp³-hybridized carbons (Fsp3) is 0.389. The average molecular weight is 370 g/mol. The number of carbonyl (C=O) groups excluding carboxylic acids is 1. The van der Waals surface area contributed by atoms with Crippen LogP contribution in [0.3, 0.4) is 0 Å². The Bertz CT molecular complexity index is 889. The molecule has 3 aromatic rings. The first-order chi connectivity index (χ1) is 12.5. The lowest BCUT2D eigenvalue weighted by Crippen LogP contribution is -2.32. The first kappa shape index (κ1) is 18.3. The summed E-state index contributed by atoms with van der Waals surface area (Å²) in [5.41, 5.74) is 2.66. The lowest BCUT2D eigenvalue weighted by atomic mass is 10.3. The van der Waals surface area contributed by atoms with Crippen LogP contribution < -0.4 is 5.32 Å². The minimum atomic E-state index is -0.245. The topological polar surface area (TPSA) is 85.1 Å². The number of hydrogen-bond acceptors (Lipinski definition) is 6. The van der Waals surface area contributed by atoms with E-state index in [2.05, 4.69) is 25.5 Å². The Balaban J connectivity index is 1.46. The Kier molecular flexibility index (Phi) is 5.82. The van der Waals surface area contributed by atoms with Gasteiger partial charge >= 0.3 is 0 Å². The van der Waals surface area contributed by atoms with Gasteiger partial charge in [0.15, 0.2) is 10.8 Å². The summed E-state index contributed by atoms with van der Waals surface area (Å²) >= 11 is 1.38. The zero-order chi connectivity index (χ0) is 18.5. The Morgan fingerprint density at radius 1 is 1.23 bits per heavy atom. The molecule has 1 atom stereocenters. The van der Waals surface area contributed by atoms with E-state index in [9.17, 15) is 4.79 Å². The van der Waals surface area contributed by atoms with Crippen molar-refractivity contribution in [3.05, 3.63) is 47.7 Å². The molecule has 0 saturated carbocycles. The Morgan fingerprint density at radius 3 is 2.77 bits per heavy atom. The molecule has 3 rings (SSSR count). The van der Waals surface area contributed by atoms with E-state index in [1.54, 1.807) is 0 Å². The number of aryl methyl sites for hydroxylation is 3. The van der Waals surface area contributed by atoms with Gasteiger partial charge in [0.2, 0.25) is 5.91 Å². The molecule has 3 heterocycles. The smallest absolute Gasteiger partial charge is 0.233 e. The quantitative estimate of drug-likeness (QED) is 0.390. The third-order valence-corrected chi connectivity index (χ3v) is 4.83.